The molecule has 1 atom stereocenters. The second-order valence-electron chi connectivity index (χ2n) is 8.87. The fourth-order valence-corrected chi connectivity index (χ4v) is 3.76. The van der Waals surface area contributed by atoms with Crippen molar-refractivity contribution in [3.8, 4) is 0 Å². The SMILES string of the molecule is CCCCCCCCCOC(COCCCCCCCC(=O)O)COCC1=CCCC=C1. The molecule has 0 saturated heterocycles. The van der Waals surface area contributed by atoms with Gasteiger partial charge in [-0.05, 0) is 37.7 Å². The van der Waals surface area contributed by atoms with Crippen LogP contribution in [0.15, 0.2) is 23.8 Å². The van der Waals surface area contributed by atoms with E-state index in [0.29, 0.717) is 19.8 Å². The maximum Gasteiger partial charge on any atom is 0.303 e. The number of carboxylic acids is 1. The second-order valence-corrected chi connectivity index (χ2v) is 8.87. The van der Waals surface area contributed by atoms with Gasteiger partial charge in [0.25, 0.3) is 0 Å². The molecule has 0 aromatic carbocycles. The highest BCUT2D eigenvalue weighted by atomic mass is 16.6. The minimum absolute atomic E-state index is 0.0150. The predicted molar refractivity (Wildman–Crippen MR) is 131 cm³/mol. The molecule has 1 unspecified atom stereocenters. The van der Waals surface area contributed by atoms with E-state index in [1.807, 2.05) is 0 Å². The van der Waals surface area contributed by atoms with E-state index in [-0.39, 0.29) is 12.5 Å². The molecule has 1 N–H and O–H groups in total. The van der Waals surface area contributed by atoms with E-state index in [0.717, 1.165) is 64.6 Å². The Hall–Kier alpha value is -1.17. The molecule has 0 aromatic rings. The van der Waals surface area contributed by atoms with Gasteiger partial charge in [0.15, 0.2) is 0 Å². The molecule has 5 heteroatoms. The second kappa shape index (κ2) is 21.7. The van der Waals surface area contributed by atoms with Crippen LogP contribution in [0.2, 0.25) is 0 Å². The summed E-state index contributed by atoms with van der Waals surface area (Å²) in [5.74, 6) is -0.700. The van der Waals surface area contributed by atoms with Crippen molar-refractivity contribution in [2.24, 2.45) is 0 Å². The van der Waals surface area contributed by atoms with E-state index in [4.69, 9.17) is 19.3 Å². The van der Waals surface area contributed by atoms with Crippen LogP contribution < -0.4 is 0 Å². The van der Waals surface area contributed by atoms with E-state index in [9.17, 15) is 4.79 Å². The van der Waals surface area contributed by atoms with Gasteiger partial charge in [-0.25, -0.2) is 0 Å². The van der Waals surface area contributed by atoms with Gasteiger partial charge in [0.1, 0.15) is 6.10 Å². The summed E-state index contributed by atoms with van der Waals surface area (Å²) in [4.78, 5) is 10.5. The molecular weight excluding hydrogens is 404 g/mol. The Morgan fingerprint density at radius 2 is 1.53 bits per heavy atom. The third kappa shape index (κ3) is 18.4. The molecule has 1 rings (SSSR count). The third-order valence-electron chi connectivity index (χ3n) is 5.73. The average Bonchev–Trinajstić information content (AvgIpc) is 2.79. The topological polar surface area (TPSA) is 65.0 Å². The molecule has 0 amide bonds. The van der Waals surface area contributed by atoms with E-state index in [1.165, 1.54) is 44.1 Å². The fourth-order valence-electron chi connectivity index (χ4n) is 3.76. The lowest BCUT2D eigenvalue weighted by molar-refractivity contribution is -0.137. The quantitative estimate of drug-likeness (QED) is 0.172. The van der Waals surface area contributed by atoms with Gasteiger partial charge >= 0.3 is 5.97 Å². The van der Waals surface area contributed by atoms with Crippen LogP contribution in [0.5, 0.6) is 0 Å². The van der Waals surface area contributed by atoms with E-state index >= 15 is 0 Å². The summed E-state index contributed by atoms with van der Waals surface area (Å²) in [6.07, 6.45) is 23.0. The average molecular weight is 453 g/mol. The number of unbranched alkanes of at least 4 members (excludes halogenated alkanes) is 10. The van der Waals surface area contributed by atoms with Crippen molar-refractivity contribution >= 4 is 5.97 Å². The van der Waals surface area contributed by atoms with Crippen molar-refractivity contribution in [1.29, 1.82) is 0 Å². The predicted octanol–water partition coefficient (Wildman–Crippen LogP) is 6.86. The molecule has 32 heavy (non-hydrogen) atoms. The zero-order valence-corrected chi connectivity index (χ0v) is 20.5. The molecule has 0 bridgehead atoms. The Morgan fingerprint density at radius 3 is 2.22 bits per heavy atom. The van der Waals surface area contributed by atoms with Gasteiger partial charge in [0.2, 0.25) is 0 Å². The molecular formula is C27H48O5. The molecule has 186 valence electrons. The Balaban J connectivity index is 2.14. The number of hydrogen-bond donors (Lipinski definition) is 1. The first-order chi connectivity index (χ1) is 15.7. The highest BCUT2D eigenvalue weighted by Gasteiger charge is 2.11. The van der Waals surface area contributed by atoms with Crippen molar-refractivity contribution in [1.82, 2.24) is 0 Å². The highest BCUT2D eigenvalue weighted by Crippen LogP contribution is 2.11. The van der Waals surface area contributed by atoms with Crippen LogP contribution in [0, 0.1) is 0 Å². The molecule has 1 aliphatic carbocycles. The maximum absolute atomic E-state index is 10.5. The van der Waals surface area contributed by atoms with Crippen LogP contribution in [0.3, 0.4) is 0 Å². The first kappa shape index (κ1) is 28.9. The number of aliphatic carboxylic acids is 1. The smallest absolute Gasteiger partial charge is 0.303 e. The summed E-state index contributed by atoms with van der Waals surface area (Å²) in [5, 5.41) is 8.66. The van der Waals surface area contributed by atoms with Crippen molar-refractivity contribution in [3.05, 3.63) is 23.8 Å². The lowest BCUT2D eigenvalue weighted by Crippen LogP contribution is -2.27. The van der Waals surface area contributed by atoms with Gasteiger partial charge in [0.05, 0.1) is 19.8 Å². The van der Waals surface area contributed by atoms with E-state index in [2.05, 4.69) is 25.2 Å². The van der Waals surface area contributed by atoms with Crippen LogP contribution >= 0.6 is 0 Å². The highest BCUT2D eigenvalue weighted by molar-refractivity contribution is 5.66. The zero-order valence-electron chi connectivity index (χ0n) is 20.5. The molecule has 1 aliphatic rings. The van der Waals surface area contributed by atoms with E-state index in [1.54, 1.807) is 0 Å². The largest absolute Gasteiger partial charge is 0.481 e. The van der Waals surface area contributed by atoms with Crippen LogP contribution in [0.25, 0.3) is 0 Å². The first-order valence-corrected chi connectivity index (χ1v) is 13.1. The number of ether oxygens (including phenoxy) is 3. The minimum Gasteiger partial charge on any atom is -0.481 e. The number of allylic oxidation sites excluding steroid dienone is 2. The van der Waals surface area contributed by atoms with Crippen molar-refractivity contribution < 1.29 is 24.1 Å². The normalized spacial score (nSPS) is 14.5. The van der Waals surface area contributed by atoms with Gasteiger partial charge in [-0.2, -0.15) is 0 Å². The molecule has 0 spiro atoms. The summed E-state index contributed by atoms with van der Waals surface area (Å²) in [5.41, 5.74) is 1.26. The number of carbonyl (C=O) groups is 1. The first-order valence-electron chi connectivity index (χ1n) is 13.1. The number of hydrogen-bond acceptors (Lipinski definition) is 4. The summed E-state index contributed by atoms with van der Waals surface area (Å²) in [6.45, 7) is 5.54. The van der Waals surface area contributed by atoms with Gasteiger partial charge in [-0.15, -0.1) is 0 Å². The van der Waals surface area contributed by atoms with Crippen LogP contribution in [0.1, 0.15) is 103 Å². The summed E-state index contributed by atoms with van der Waals surface area (Å²) in [6, 6.07) is 0. The Morgan fingerprint density at radius 1 is 0.875 bits per heavy atom. The molecule has 0 fully saturated rings. The van der Waals surface area contributed by atoms with Crippen LogP contribution in [0.4, 0.5) is 0 Å². The summed E-state index contributed by atoms with van der Waals surface area (Å²) < 4.78 is 17.9. The Bertz CT molecular complexity index is 500. The van der Waals surface area contributed by atoms with Crippen molar-refractivity contribution in [2.75, 3.05) is 33.0 Å². The van der Waals surface area contributed by atoms with E-state index < -0.39 is 5.97 Å². The Labute approximate surface area is 196 Å². The van der Waals surface area contributed by atoms with Crippen molar-refractivity contribution in [3.63, 3.8) is 0 Å². The standard InChI is InChI=1S/C27H48O5/c1-2-3-4-5-6-10-16-21-32-26(24-31-22-25-17-12-11-13-18-25)23-30-20-15-9-7-8-14-19-27(28)29/h12,17-18,26H,2-11,13-16,19-24H2,1H3,(H,28,29). The molecule has 0 aliphatic heterocycles. The zero-order chi connectivity index (χ0) is 23.1. The molecule has 0 saturated carbocycles. The maximum atomic E-state index is 10.5. The van der Waals surface area contributed by atoms with Gasteiger partial charge in [0, 0.05) is 19.6 Å². The van der Waals surface area contributed by atoms with Gasteiger partial charge < -0.3 is 19.3 Å². The van der Waals surface area contributed by atoms with Gasteiger partial charge in [-0.3, -0.25) is 4.79 Å². The van der Waals surface area contributed by atoms with Crippen LogP contribution in [-0.4, -0.2) is 50.2 Å². The Kier molecular flexibility index (Phi) is 19.5. The monoisotopic (exact) mass is 452 g/mol. The molecule has 0 aromatic heterocycles. The summed E-state index contributed by atoms with van der Waals surface area (Å²) >= 11 is 0. The minimum atomic E-state index is -0.700. The number of carboxylic acid groups (broad SMARTS) is 1. The van der Waals surface area contributed by atoms with Gasteiger partial charge in [-0.1, -0.05) is 82.9 Å². The fraction of sp³-hybridized carbons (Fsp3) is 0.815. The number of rotatable bonds is 23. The molecule has 0 radical (unpaired) electrons. The van der Waals surface area contributed by atoms with Crippen molar-refractivity contribution in [2.45, 2.75) is 109 Å². The lowest BCUT2D eigenvalue weighted by Gasteiger charge is -2.19. The third-order valence-corrected chi connectivity index (χ3v) is 5.73. The summed E-state index contributed by atoms with van der Waals surface area (Å²) in [7, 11) is 0. The molecule has 0 heterocycles. The molecule has 5 nitrogen and oxygen atoms in total. The van der Waals surface area contributed by atoms with Crippen LogP contribution in [-0.2, 0) is 19.0 Å². The lowest BCUT2D eigenvalue weighted by atomic mass is 10.1.